The zero-order chi connectivity index (χ0) is 21.5. The van der Waals surface area contributed by atoms with Crippen molar-refractivity contribution in [1.82, 2.24) is 5.43 Å². The van der Waals surface area contributed by atoms with Gasteiger partial charge in [0.15, 0.2) is 0 Å². The number of benzene rings is 3. The standard InChI is InChI=1S/C22H19N3O5/c1-30-19-9-6-14(7-10-19)21(28)24-17-4-2-3-15(11-17)22(29)25-23-13-16-5-8-18(26)12-20(16)27/h2-13,26-27H,1H3,(H,24,28)(H,25,29)/b23-13+. The fourth-order valence-corrected chi connectivity index (χ4v) is 2.55. The lowest BCUT2D eigenvalue weighted by molar-refractivity contribution is 0.0953. The molecular formula is C22H19N3O5. The number of hydrogen-bond donors (Lipinski definition) is 4. The first-order valence-electron chi connectivity index (χ1n) is 8.87. The van der Waals surface area contributed by atoms with E-state index in [1.54, 1.807) is 49.6 Å². The van der Waals surface area contributed by atoms with Gasteiger partial charge in [-0.3, -0.25) is 9.59 Å². The molecule has 0 aromatic heterocycles. The molecule has 0 aliphatic heterocycles. The number of carbonyl (C=O) groups excluding carboxylic acids is 2. The number of anilines is 1. The Hall–Kier alpha value is -4.33. The van der Waals surface area contributed by atoms with E-state index in [0.29, 0.717) is 22.6 Å². The Morgan fingerprint density at radius 1 is 0.933 bits per heavy atom. The maximum absolute atomic E-state index is 12.4. The summed E-state index contributed by atoms with van der Waals surface area (Å²) in [6.07, 6.45) is 1.25. The van der Waals surface area contributed by atoms with Crippen molar-refractivity contribution >= 4 is 23.7 Å². The van der Waals surface area contributed by atoms with E-state index >= 15 is 0 Å². The summed E-state index contributed by atoms with van der Waals surface area (Å²) in [4.78, 5) is 24.7. The highest BCUT2D eigenvalue weighted by atomic mass is 16.5. The molecular weight excluding hydrogens is 386 g/mol. The minimum Gasteiger partial charge on any atom is -0.508 e. The van der Waals surface area contributed by atoms with Crippen molar-refractivity contribution in [3.63, 3.8) is 0 Å². The molecule has 3 aromatic carbocycles. The van der Waals surface area contributed by atoms with E-state index in [1.165, 1.54) is 24.4 Å². The van der Waals surface area contributed by atoms with E-state index in [9.17, 15) is 19.8 Å². The molecule has 0 aliphatic carbocycles. The highest BCUT2D eigenvalue weighted by Gasteiger charge is 2.09. The number of amides is 2. The average Bonchev–Trinajstić information content (AvgIpc) is 2.75. The van der Waals surface area contributed by atoms with E-state index < -0.39 is 5.91 Å². The van der Waals surface area contributed by atoms with Gasteiger partial charge in [-0.15, -0.1) is 0 Å². The molecule has 30 heavy (non-hydrogen) atoms. The van der Waals surface area contributed by atoms with E-state index in [-0.39, 0.29) is 23.0 Å². The number of nitrogens with one attached hydrogen (secondary N) is 2. The number of nitrogens with zero attached hydrogens (tertiary/aromatic N) is 1. The molecule has 3 aromatic rings. The molecule has 152 valence electrons. The van der Waals surface area contributed by atoms with Crippen LogP contribution in [0.2, 0.25) is 0 Å². The third kappa shape index (κ3) is 5.14. The molecule has 0 spiro atoms. The van der Waals surface area contributed by atoms with E-state index in [4.69, 9.17) is 4.74 Å². The zero-order valence-corrected chi connectivity index (χ0v) is 16.0. The number of phenols is 2. The summed E-state index contributed by atoms with van der Waals surface area (Å²) in [5.74, 6) is -0.425. The van der Waals surface area contributed by atoms with Crippen LogP contribution in [0.5, 0.6) is 17.2 Å². The van der Waals surface area contributed by atoms with Gasteiger partial charge in [0.25, 0.3) is 11.8 Å². The third-order valence-electron chi connectivity index (χ3n) is 4.12. The van der Waals surface area contributed by atoms with Crippen LogP contribution in [0.25, 0.3) is 0 Å². The minimum absolute atomic E-state index is 0.0813. The summed E-state index contributed by atoms with van der Waals surface area (Å²) in [7, 11) is 1.54. The highest BCUT2D eigenvalue weighted by Crippen LogP contribution is 2.20. The molecule has 4 N–H and O–H groups in total. The number of phenolic OH excluding ortho intramolecular Hbond substituents is 2. The van der Waals surface area contributed by atoms with E-state index in [2.05, 4.69) is 15.8 Å². The van der Waals surface area contributed by atoms with Crippen LogP contribution in [-0.2, 0) is 0 Å². The Kier molecular flexibility index (Phi) is 6.29. The third-order valence-corrected chi connectivity index (χ3v) is 4.12. The van der Waals surface area contributed by atoms with Crippen molar-refractivity contribution in [2.24, 2.45) is 5.10 Å². The van der Waals surface area contributed by atoms with Crippen molar-refractivity contribution in [3.8, 4) is 17.2 Å². The molecule has 8 nitrogen and oxygen atoms in total. The van der Waals surface area contributed by atoms with Gasteiger partial charge in [0.1, 0.15) is 17.2 Å². The summed E-state index contributed by atoms with van der Waals surface area (Å²) in [5, 5.41) is 25.5. The molecule has 0 fully saturated rings. The molecule has 0 saturated heterocycles. The van der Waals surface area contributed by atoms with Crippen LogP contribution in [0.4, 0.5) is 5.69 Å². The van der Waals surface area contributed by atoms with Crippen LogP contribution in [0.15, 0.2) is 71.8 Å². The van der Waals surface area contributed by atoms with E-state index in [1.807, 2.05) is 0 Å². The molecule has 0 bridgehead atoms. The van der Waals surface area contributed by atoms with Crippen molar-refractivity contribution < 1.29 is 24.5 Å². The summed E-state index contributed by atoms with van der Waals surface area (Å²) >= 11 is 0. The van der Waals surface area contributed by atoms with Crippen LogP contribution in [0, 0.1) is 0 Å². The SMILES string of the molecule is COc1ccc(C(=O)Nc2cccc(C(=O)N/N=C/c3ccc(O)cc3O)c2)cc1. The molecule has 8 heteroatoms. The fraction of sp³-hybridized carbons (Fsp3) is 0.0455. The fourth-order valence-electron chi connectivity index (χ4n) is 2.55. The van der Waals surface area contributed by atoms with Crippen molar-refractivity contribution in [2.45, 2.75) is 0 Å². The van der Waals surface area contributed by atoms with Gasteiger partial charge in [0.05, 0.1) is 13.3 Å². The summed E-state index contributed by atoms with van der Waals surface area (Å²) in [6.45, 7) is 0. The first-order valence-corrected chi connectivity index (χ1v) is 8.87. The van der Waals surface area contributed by atoms with Crippen LogP contribution in [0.1, 0.15) is 26.3 Å². The summed E-state index contributed by atoms with van der Waals surface area (Å²) in [6, 6.07) is 17.0. The van der Waals surface area contributed by atoms with Gasteiger partial charge < -0.3 is 20.3 Å². The number of ether oxygens (including phenoxy) is 1. The lowest BCUT2D eigenvalue weighted by atomic mass is 10.1. The van der Waals surface area contributed by atoms with Crippen LogP contribution in [0.3, 0.4) is 0 Å². The van der Waals surface area contributed by atoms with Gasteiger partial charge in [-0.25, -0.2) is 5.43 Å². The molecule has 0 unspecified atom stereocenters. The van der Waals surface area contributed by atoms with Gasteiger partial charge in [0, 0.05) is 28.4 Å². The van der Waals surface area contributed by atoms with E-state index in [0.717, 1.165) is 6.07 Å². The molecule has 0 atom stereocenters. The molecule has 0 saturated carbocycles. The van der Waals surface area contributed by atoms with Gasteiger partial charge in [-0.05, 0) is 54.6 Å². The average molecular weight is 405 g/mol. The molecule has 3 rings (SSSR count). The number of hydrazone groups is 1. The number of rotatable bonds is 6. The quantitative estimate of drug-likeness (QED) is 0.371. The summed E-state index contributed by atoms with van der Waals surface area (Å²) in [5.41, 5.74) is 3.85. The van der Waals surface area contributed by atoms with Crippen molar-refractivity contribution in [1.29, 1.82) is 0 Å². The van der Waals surface area contributed by atoms with Crippen LogP contribution in [-0.4, -0.2) is 35.4 Å². The van der Waals surface area contributed by atoms with Gasteiger partial charge in [-0.2, -0.15) is 5.10 Å². The highest BCUT2D eigenvalue weighted by molar-refractivity contribution is 6.05. The lowest BCUT2D eigenvalue weighted by Gasteiger charge is -2.08. The maximum Gasteiger partial charge on any atom is 0.271 e. The Morgan fingerprint density at radius 3 is 2.40 bits per heavy atom. The second-order valence-corrected chi connectivity index (χ2v) is 6.21. The Balaban J connectivity index is 1.64. The predicted octanol–water partition coefficient (Wildman–Crippen LogP) is 3.12. The monoisotopic (exact) mass is 405 g/mol. The zero-order valence-electron chi connectivity index (χ0n) is 16.0. The topological polar surface area (TPSA) is 120 Å². The second-order valence-electron chi connectivity index (χ2n) is 6.21. The number of hydrogen-bond acceptors (Lipinski definition) is 6. The molecule has 0 aliphatic rings. The lowest BCUT2D eigenvalue weighted by Crippen LogP contribution is -2.18. The molecule has 0 radical (unpaired) electrons. The summed E-state index contributed by atoms with van der Waals surface area (Å²) < 4.78 is 5.07. The minimum atomic E-state index is -0.495. The van der Waals surface area contributed by atoms with Crippen LogP contribution >= 0.6 is 0 Å². The van der Waals surface area contributed by atoms with Crippen molar-refractivity contribution in [2.75, 3.05) is 12.4 Å². The van der Waals surface area contributed by atoms with Gasteiger partial charge in [0.2, 0.25) is 0 Å². The molecule has 2 amide bonds. The van der Waals surface area contributed by atoms with Crippen molar-refractivity contribution in [3.05, 3.63) is 83.4 Å². The first kappa shape index (κ1) is 20.4. The second kappa shape index (κ2) is 9.24. The molecule has 0 heterocycles. The van der Waals surface area contributed by atoms with Gasteiger partial charge in [-0.1, -0.05) is 6.07 Å². The largest absolute Gasteiger partial charge is 0.508 e. The maximum atomic E-state index is 12.4. The Labute approximate surface area is 172 Å². The van der Waals surface area contributed by atoms with Crippen LogP contribution < -0.4 is 15.5 Å². The predicted molar refractivity (Wildman–Crippen MR) is 112 cm³/mol. The smallest absolute Gasteiger partial charge is 0.271 e. The number of carbonyl (C=O) groups is 2. The van der Waals surface area contributed by atoms with Gasteiger partial charge >= 0.3 is 0 Å². The number of methoxy groups -OCH3 is 1. The Morgan fingerprint density at radius 2 is 1.70 bits per heavy atom. The Bertz CT molecular complexity index is 1090. The number of aromatic hydroxyl groups is 2. The normalized spacial score (nSPS) is 10.6. The first-order chi connectivity index (χ1) is 14.5.